The third-order valence-corrected chi connectivity index (χ3v) is 4.65. The van der Waals surface area contributed by atoms with Crippen LogP contribution in [0.1, 0.15) is 10.4 Å². The first-order valence-electron chi connectivity index (χ1n) is 6.80. The monoisotopic (exact) mass is 369 g/mol. The Kier molecular flexibility index (Phi) is 5.69. The van der Waals surface area contributed by atoms with Crippen molar-refractivity contribution in [2.24, 2.45) is 0 Å². The van der Waals surface area contributed by atoms with Crippen molar-refractivity contribution in [2.75, 3.05) is 16.8 Å². The molecule has 2 aromatic rings. The summed E-state index contributed by atoms with van der Waals surface area (Å²) < 4.78 is 36.7. The Morgan fingerprint density at radius 2 is 1.54 bits per heavy atom. The van der Waals surface area contributed by atoms with Gasteiger partial charge < -0.3 is 5.32 Å². The molecule has 0 atom stereocenters. The second kappa shape index (κ2) is 7.55. The third kappa shape index (κ3) is 5.43. The first-order chi connectivity index (χ1) is 11.2. The summed E-state index contributed by atoms with van der Waals surface area (Å²) in [6.07, 6.45) is 0. The molecular formula is C16H13ClFNO4S. The average molecular weight is 370 g/mol. The lowest BCUT2D eigenvalue weighted by atomic mass is 10.1. The van der Waals surface area contributed by atoms with Crippen LogP contribution in [0.15, 0.2) is 48.5 Å². The van der Waals surface area contributed by atoms with E-state index in [1.165, 1.54) is 24.3 Å². The molecule has 0 radical (unpaired) electrons. The molecule has 126 valence electrons. The SMILES string of the molecule is O=C(CS(=O)(=O)CC(=O)c1ccc(F)cc1)Nc1ccc(Cl)cc1. The highest BCUT2D eigenvalue weighted by Gasteiger charge is 2.21. The number of hydrogen-bond donors (Lipinski definition) is 1. The van der Waals surface area contributed by atoms with Crippen LogP contribution in [0, 0.1) is 5.82 Å². The minimum atomic E-state index is -3.95. The molecule has 0 heterocycles. The summed E-state index contributed by atoms with van der Waals surface area (Å²) in [6, 6.07) is 10.7. The molecule has 2 aromatic carbocycles. The molecule has 5 nitrogen and oxygen atoms in total. The molecule has 0 aliphatic carbocycles. The zero-order chi connectivity index (χ0) is 17.7. The zero-order valence-electron chi connectivity index (χ0n) is 12.3. The molecule has 0 aliphatic heterocycles. The van der Waals surface area contributed by atoms with E-state index in [1.54, 1.807) is 12.1 Å². The van der Waals surface area contributed by atoms with Crippen molar-refractivity contribution < 1.29 is 22.4 Å². The maximum Gasteiger partial charge on any atom is 0.239 e. The van der Waals surface area contributed by atoms with Crippen LogP contribution >= 0.6 is 11.6 Å². The molecule has 8 heteroatoms. The Bertz CT molecular complexity index is 849. The van der Waals surface area contributed by atoms with Gasteiger partial charge in [-0.1, -0.05) is 11.6 Å². The van der Waals surface area contributed by atoms with E-state index in [0.717, 1.165) is 12.1 Å². The van der Waals surface area contributed by atoms with Crippen LogP contribution in [-0.4, -0.2) is 31.6 Å². The van der Waals surface area contributed by atoms with E-state index in [0.29, 0.717) is 10.7 Å². The molecule has 0 spiro atoms. The predicted octanol–water partition coefficient (Wildman–Crippen LogP) is 2.72. The highest BCUT2D eigenvalue weighted by molar-refractivity contribution is 7.92. The fourth-order valence-corrected chi connectivity index (χ4v) is 3.17. The Balaban J connectivity index is 1.97. The molecule has 0 aromatic heterocycles. The number of carbonyl (C=O) groups is 2. The van der Waals surface area contributed by atoms with Crippen molar-refractivity contribution in [1.29, 1.82) is 0 Å². The van der Waals surface area contributed by atoms with Gasteiger partial charge in [-0.25, -0.2) is 12.8 Å². The zero-order valence-corrected chi connectivity index (χ0v) is 13.9. The van der Waals surface area contributed by atoms with E-state index in [9.17, 15) is 22.4 Å². The second-order valence-electron chi connectivity index (χ2n) is 5.02. The van der Waals surface area contributed by atoms with Crippen molar-refractivity contribution >= 4 is 38.8 Å². The van der Waals surface area contributed by atoms with Crippen molar-refractivity contribution in [3.63, 3.8) is 0 Å². The molecule has 0 bridgehead atoms. The molecule has 0 saturated carbocycles. The maximum atomic E-state index is 12.8. The number of carbonyl (C=O) groups excluding carboxylic acids is 2. The predicted molar refractivity (Wildman–Crippen MR) is 89.5 cm³/mol. The Hall–Kier alpha value is -2.25. The number of Topliss-reactive ketones (excluding diaryl/α,β-unsaturated/α-hetero) is 1. The number of anilines is 1. The molecule has 0 aliphatic rings. The number of halogens is 2. The fraction of sp³-hybridized carbons (Fsp3) is 0.125. The number of amides is 1. The lowest BCUT2D eigenvalue weighted by Gasteiger charge is -2.06. The maximum absolute atomic E-state index is 12.8. The summed E-state index contributed by atoms with van der Waals surface area (Å²) in [4.78, 5) is 23.7. The topological polar surface area (TPSA) is 80.3 Å². The molecule has 1 N–H and O–H groups in total. The second-order valence-corrected chi connectivity index (χ2v) is 7.52. The van der Waals surface area contributed by atoms with Gasteiger partial charge in [0.25, 0.3) is 0 Å². The molecule has 0 saturated heterocycles. The van der Waals surface area contributed by atoms with Crippen LogP contribution in [-0.2, 0) is 14.6 Å². The van der Waals surface area contributed by atoms with Crippen molar-refractivity contribution in [1.82, 2.24) is 0 Å². The lowest BCUT2D eigenvalue weighted by molar-refractivity contribution is -0.113. The number of rotatable bonds is 6. The van der Waals surface area contributed by atoms with Gasteiger partial charge in [0.2, 0.25) is 5.91 Å². The lowest BCUT2D eigenvalue weighted by Crippen LogP contribution is -2.27. The number of sulfone groups is 1. The molecule has 2 rings (SSSR count). The van der Waals surface area contributed by atoms with Gasteiger partial charge in [-0.3, -0.25) is 9.59 Å². The average Bonchev–Trinajstić information content (AvgIpc) is 2.49. The van der Waals surface area contributed by atoms with Crippen molar-refractivity contribution in [2.45, 2.75) is 0 Å². The summed E-state index contributed by atoms with van der Waals surface area (Å²) in [7, 11) is -3.95. The van der Waals surface area contributed by atoms with Gasteiger partial charge in [-0.15, -0.1) is 0 Å². The Morgan fingerprint density at radius 3 is 2.12 bits per heavy atom. The largest absolute Gasteiger partial charge is 0.325 e. The van der Waals surface area contributed by atoms with Crippen LogP contribution in [0.5, 0.6) is 0 Å². The van der Waals surface area contributed by atoms with E-state index in [2.05, 4.69) is 5.32 Å². The van der Waals surface area contributed by atoms with Gasteiger partial charge in [-0.05, 0) is 48.5 Å². The van der Waals surface area contributed by atoms with Gasteiger partial charge in [0, 0.05) is 16.3 Å². The summed E-state index contributed by atoms with van der Waals surface area (Å²) >= 11 is 5.71. The fourth-order valence-electron chi connectivity index (χ4n) is 1.90. The number of nitrogens with one attached hydrogen (secondary N) is 1. The van der Waals surface area contributed by atoms with Gasteiger partial charge in [0.15, 0.2) is 15.6 Å². The van der Waals surface area contributed by atoms with Gasteiger partial charge >= 0.3 is 0 Å². The first kappa shape index (κ1) is 18.1. The van der Waals surface area contributed by atoms with Crippen LogP contribution in [0.4, 0.5) is 10.1 Å². The van der Waals surface area contributed by atoms with E-state index < -0.39 is 38.9 Å². The third-order valence-electron chi connectivity index (χ3n) is 3.00. The normalized spacial score (nSPS) is 11.1. The van der Waals surface area contributed by atoms with Gasteiger partial charge in [0.05, 0.1) is 0 Å². The van der Waals surface area contributed by atoms with Crippen molar-refractivity contribution in [3.05, 3.63) is 64.9 Å². The van der Waals surface area contributed by atoms with Crippen molar-refractivity contribution in [3.8, 4) is 0 Å². The summed E-state index contributed by atoms with van der Waals surface area (Å²) in [5, 5.41) is 2.89. The first-order valence-corrected chi connectivity index (χ1v) is 9.00. The highest BCUT2D eigenvalue weighted by atomic mass is 35.5. The van der Waals surface area contributed by atoms with E-state index in [4.69, 9.17) is 11.6 Å². The Labute approximate surface area is 143 Å². The van der Waals surface area contributed by atoms with E-state index in [1.807, 2.05) is 0 Å². The quantitative estimate of drug-likeness (QED) is 0.794. The minimum Gasteiger partial charge on any atom is -0.325 e. The summed E-state index contributed by atoms with van der Waals surface area (Å²) in [6.45, 7) is 0. The van der Waals surface area contributed by atoms with E-state index in [-0.39, 0.29) is 5.56 Å². The molecule has 1 amide bonds. The molecular weight excluding hydrogens is 357 g/mol. The smallest absolute Gasteiger partial charge is 0.239 e. The molecule has 0 fully saturated rings. The standard InChI is InChI=1S/C16H13ClFNO4S/c17-12-3-7-14(8-4-12)19-16(21)10-24(22,23)9-15(20)11-1-5-13(18)6-2-11/h1-8H,9-10H2,(H,19,21). The van der Waals surface area contributed by atoms with E-state index >= 15 is 0 Å². The van der Waals surface area contributed by atoms with Gasteiger partial charge in [0.1, 0.15) is 17.3 Å². The van der Waals surface area contributed by atoms with Crippen LogP contribution < -0.4 is 5.32 Å². The number of ketones is 1. The Morgan fingerprint density at radius 1 is 0.958 bits per heavy atom. The molecule has 0 unspecified atom stereocenters. The molecule has 24 heavy (non-hydrogen) atoms. The summed E-state index contributed by atoms with van der Waals surface area (Å²) in [5.41, 5.74) is 0.461. The van der Waals surface area contributed by atoms with Gasteiger partial charge in [-0.2, -0.15) is 0 Å². The number of benzene rings is 2. The minimum absolute atomic E-state index is 0.0677. The van der Waals surface area contributed by atoms with Crippen LogP contribution in [0.2, 0.25) is 5.02 Å². The van der Waals surface area contributed by atoms with Crippen LogP contribution in [0.25, 0.3) is 0 Å². The summed E-state index contributed by atoms with van der Waals surface area (Å²) in [5.74, 6) is -3.65. The van der Waals surface area contributed by atoms with Crippen LogP contribution in [0.3, 0.4) is 0 Å². The number of hydrogen-bond acceptors (Lipinski definition) is 4. The highest BCUT2D eigenvalue weighted by Crippen LogP contribution is 2.13.